The van der Waals surface area contributed by atoms with E-state index in [4.69, 9.17) is 4.74 Å². The minimum Gasteiger partial charge on any atom is -0.495 e. The number of fused-ring (bicyclic) bond motifs is 2. The Labute approximate surface area is 368 Å². The van der Waals surface area contributed by atoms with Crippen LogP contribution in [-0.2, 0) is 14.4 Å². The summed E-state index contributed by atoms with van der Waals surface area (Å²) in [6.45, 7) is 7.71. The number of anilines is 5. The molecule has 4 fully saturated rings. The van der Waals surface area contributed by atoms with Crippen molar-refractivity contribution in [3.63, 3.8) is 0 Å². The number of imide groups is 2. The van der Waals surface area contributed by atoms with E-state index in [0.29, 0.717) is 36.1 Å². The first-order valence-corrected chi connectivity index (χ1v) is 21.7. The number of benzene rings is 2. The number of halogens is 2. The Morgan fingerprint density at radius 3 is 2.33 bits per heavy atom. The Morgan fingerprint density at radius 2 is 1.64 bits per heavy atom. The van der Waals surface area contributed by atoms with E-state index >= 15 is 0 Å². The average molecular weight is 884 g/mol. The van der Waals surface area contributed by atoms with Gasteiger partial charge in [0.15, 0.2) is 5.82 Å². The van der Waals surface area contributed by atoms with E-state index in [0.717, 1.165) is 67.3 Å². The van der Waals surface area contributed by atoms with Crippen LogP contribution in [0.3, 0.4) is 0 Å². The lowest BCUT2D eigenvalue weighted by Gasteiger charge is -2.57. The number of aromatic nitrogens is 2. The molecule has 2 aromatic carbocycles. The summed E-state index contributed by atoms with van der Waals surface area (Å²) >= 11 is 0. The van der Waals surface area contributed by atoms with Gasteiger partial charge in [-0.25, -0.2) is 9.99 Å². The first-order chi connectivity index (χ1) is 30.5. The molecule has 1 spiro atoms. The second-order valence-electron chi connectivity index (χ2n) is 18.0. The molecule has 1 unspecified atom stereocenters. The smallest absolute Gasteiger partial charge is 0.342 e. The predicted molar refractivity (Wildman–Crippen MR) is 230 cm³/mol. The molecule has 3 N–H and O–H groups in total. The van der Waals surface area contributed by atoms with Gasteiger partial charge >= 0.3 is 5.92 Å². The van der Waals surface area contributed by atoms with Crippen LogP contribution in [0, 0.1) is 5.41 Å². The molecule has 6 aliphatic rings. The number of hydrogen-bond acceptors (Lipinski definition) is 14. The molecule has 18 nitrogen and oxygen atoms in total. The number of carbonyl (C=O) groups is 6. The van der Waals surface area contributed by atoms with Crippen LogP contribution in [0.5, 0.6) is 5.75 Å². The third-order valence-electron chi connectivity index (χ3n) is 13.6. The fraction of sp³-hybridized carbons (Fsp3) is 0.500. The number of likely N-dealkylation sites (tertiary alicyclic amines) is 1. The first-order valence-electron chi connectivity index (χ1n) is 21.7. The van der Waals surface area contributed by atoms with Gasteiger partial charge in [0.05, 0.1) is 36.7 Å². The Morgan fingerprint density at radius 1 is 0.922 bits per heavy atom. The van der Waals surface area contributed by atoms with Gasteiger partial charge in [0, 0.05) is 76.1 Å². The third kappa shape index (κ3) is 7.75. The number of hydrazine groups is 1. The van der Waals surface area contributed by atoms with Gasteiger partial charge in [0.2, 0.25) is 17.8 Å². The number of ether oxygens (including phenoxy) is 1. The molecule has 9 rings (SSSR count). The Kier molecular flexibility index (Phi) is 11.0. The maximum Gasteiger partial charge on any atom is 0.342 e. The Hall–Kier alpha value is -6.28. The molecule has 1 atom stereocenters. The van der Waals surface area contributed by atoms with Crippen LogP contribution in [0.2, 0.25) is 0 Å². The second-order valence-corrected chi connectivity index (χ2v) is 18.0. The molecule has 3 aromatic rings. The first kappa shape index (κ1) is 43.0. The van der Waals surface area contributed by atoms with Crippen molar-refractivity contribution in [1.29, 1.82) is 0 Å². The highest BCUT2D eigenvalue weighted by Gasteiger charge is 2.50. The number of carbonyl (C=O) groups excluding carboxylic acids is 6. The molecule has 0 aliphatic carbocycles. The number of nitrogens with zero attached hydrogens (tertiary/aromatic N) is 8. The number of rotatable bonds is 9. The number of hydrogen-bond donors (Lipinski definition) is 3. The Bertz CT molecular complexity index is 2430. The average Bonchev–Trinajstić information content (AvgIpc) is 3.48. The topological polar surface area (TPSA) is 193 Å². The van der Waals surface area contributed by atoms with Gasteiger partial charge < -0.3 is 24.8 Å². The summed E-state index contributed by atoms with van der Waals surface area (Å²) in [4.78, 5) is 93.5. The van der Waals surface area contributed by atoms with Crippen molar-refractivity contribution in [2.24, 2.45) is 5.41 Å². The van der Waals surface area contributed by atoms with E-state index in [1.54, 1.807) is 44.2 Å². The minimum absolute atomic E-state index is 0.0748. The predicted octanol–water partition coefficient (Wildman–Crippen LogP) is 3.17. The standard InChI is InChI=1S/C44H51F2N11O7/c1-25(2)56-24-44(45,46)41(63)52(3)33-21-47-42(50-36(33)56)48-31-8-5-26(19-34(31)64-4)37(59)51-55-15-11-27(12-16-55)54-22-43(23-54)13-17-53(18-14-43)28-6-7-29-30(20-28)40(62)57(39(29)61)32-9-10-35(58)49-38(32)60/h5-8,19-21,25,27,32H,9-18,22-24H2,1-4H3,(H,51,59)(H,47,48,50)(H,49,58,60). The summed E-state index contributed by atoms with van der Waals surface area (Å²) in [7, 11) is 2.75. The van der Waals surface area contributed by atoms with Gasteiger partial charge in [-0.05, 0) is 87.8 Å². The molecular formula is C44H51F2N11O7. The van der Waals surface area contributed by atoms with Crippen molar-refractivity contribution in [3.8, 4) is 5.75 Å². The van der Waals surface area contributed by atoms with E-state index in [-0.39, 0.29) is 58.8 Å². The summed E-state index contributed by atoms with van der Waals surface area (Å²) < 4.78 is 35.2. The van der Waals surface area contributed by atoms with Crippen LogP contribution in [0.1, 0.15) is 83.4 Å². The molecule has 6 aliphatic heterocycles. The Balaban J connectivity index is 0.750. The fourth-order valence-electron chi connectivity index (χ4n) is 9.90. The molecule has 0 radical (unpaired) electrons. The van der Waals surface area contributed by atoms with Crippen LogP contribution < -0.4 is 35.5 Å². The van der Waals surface area contributed by atoms with Crippen molar-refractivity contribution in [1.82, 2.24) is 35.5 Å². The van der Waals surface area contributed by atoms with E-state index in [1.165, 1.54) is 25.3 Å². The molecule has 6 amide bonds. The molecule has 4 saturated heterocycles. The maximum atomic E-state index is 14.8. The largest absolute Gasteiger partial charge is 0.495 e. The van der Waals surface area contributed by atoms with Gasteiger partial charge in [-0.15, -0.1) is 0 Å². The van der Waals surface area contributed by atoms with Crippen molar-refractivity contribution in [2.45, 2.75) is 76.4 Å². The molecule has 0 saturated carbocycles. The van der Waals surface area contributed by atoms with Gasteiger partial charge in [-0.2, -0.15) is 13.8 Å². The van der Waals surface area contributed by atoms with Crippen molar-refractivity contribution in [2.75, 3.05) is 80.0 Å². The second kappa shape index (κ2) is 16.4. The van der Waals surface area contributed by atoms with E-state index < -0.39 is 48.0 Å². The van der Waals surface area contributed by atoms with Crippen molar-refractivity contribution < 1.29 is 42.3 Å². The lowest BCUT2D eigenvalue weighted by Crippen LogP contribution is -2.64. The monoisotopic (exact) mass is 883 g/mol. The summed E-state index contributed by atoms with van der Waals surface area (Å²) in [6, 6.07) is 9.25. The number of alkyl halides is 2. The zero-order chi connectivity index (χ0) is 45.2. The highest BCUT2D eigenvalue weighted by atomic mass is 19.3. The molecule has 7 heterocycles. The molecule has 64 heavy (non-hydrogen) atoms. The summed E-state index contributed by atoms with van der Waals surface area (Å²) in [5.41, 5.74) is 5.70. The zero-order valence-corrected chi connectivity index (χ0v) is 36.2. The lowest BCUT2D eigenvalue weighted by atomic mass is 9.71. The normalized spacial score (nSPS) is 22.6. The SMILES string of the molecule is COc1cc(C(=O)NN2CCC(N3CC4(CCN(c5ccc6c(c5)C(=O)N(C5CCC(=O)NC5=O)C6=O)CC4)C3)CC2)ccc1Nc1ncc2c(n1)N(C(C)C)CC(F)(F)C(=O)N2C. The number of nitrogens with one attached hydrogen (secondary N) is 3. The third-order valence-corrected chi connectivity index (χ3v) is 13.6. The highest BCUT2D eigenvalue weighted by molar-refractivity contribution is 6.23. The van der Waals surface area contributed by atoms with Crippen LogP contribution in [-0.4, -0.2) is 144 Å². The van der Waals surface area contributed by atoms with Crippen LogP contribution in [0.15, 0.2) is 42.6 Å². The molecule has 20 heteroatoms. The molecule has 1 aromatic heterocycles. The lowest BCUT2D eigenvalue weighted by molar-refractivity contribution is -0.140. The fourth-order valence-corrected chi connectivity index (χ4v) is 9.90. The van der Waals surface area contributed by atoms with Gasteiger partial charge in [-0.3, -0.25) is 49.3 Å². The van der Waals surface area contributed by atoms with Gasteiger partial charge in [0.25, 0.3) is 23.6 Å². The van der Waals surface area contributed by atoms with E-state index in [9.17, 15) is 37.5 Å². The zero-order valence-electron chi connectivity index (χ0n) is 36.2. The summed E-state index contributed by atoms with van der Waals surface area (Å²) in [5.74, 6) is -6.64. The van der Waals surface area contributed by atoms with Crippen LogP contribution >= 0.6 is 0 Å². The highest BCUT2D eigenvalue weighted by Crippen LogP contribution is 2.44. The van der Waals surface area contributed by atoms with Crippen molar-refractivity contribution in [3.05, 3.63) is 59.3 Å². The molecule has 338 valence electrons. The summed E-state index contributed by atoms with van der Waals surface area (Å²) in [5, 5.41) is 7.25. The number of methoxy groups -OCH3 is 1. The minimum atomic E-state index is -3.61. The van der Waals surface area contributed by atoms with E-state index in [2.05, 4.69) is 35.8 Å². The van der Waals surface area contributed by atoms with Crippen LogP contribution in [0.4, 0.5) is 37.6 Å². The van der Waals surface area contributed by atoms with Gasteiger partial charge in [0.1, 0.15) is 17.5 Å². The number of piperidine rings is 3. The van der Waals surface area contributed by atoms with Crippen LogP contribution in [0.25, 0.3) is 0 Å². The maximum absolute atomic E-state index is 14.8. The summed E-state index contributed by atoms with van der Waals surface area (Å²) in [6.07, 6.45) is 5.34. The quantitative estimate of drug-likeness (QED) is 0.266. The molecule has 0 bridgehead atoms. The van der Waals surface area contributed by atoms with Gasteiger partial charge in [-0.1, -0.05) is 0 Å². The number of amides is 6. The molecular weight excluding hydrogens is 833 g/mol. The van der Waals surface area contributed by atoms with Crippen molar-refractivity contribution >= 4 is 64.3 Å². The van der Waals surface area contributed by atoms with E-state index in [1.807, 2.05) is 11.1 Å².